The van der Waals surface area contributed by atoms with Crippen molar-refractivity contribution in [3.8, 4) is 6.07 Å². The van der Waals surface area contributed by atoms with Gasteiger partial charge in [-0.05, 0) is 29.6 Å². The smallest absolute Gasteiger partial charge is 0.207 e. The largest absolute Gasteiger partial charge is 0.242 e. The van der Waals surface area contributed by atoms with E-state index >= 15 is 0 Å². The van der Waals surface area contributed by atoms with Crippen LogP contribution in [-0.4, -0.2) is 8.42 Å². The van der Waals surface area contributed by atoms with Gasteiger partial charge in [-0.25, -0.2) is 13.1 Å². The number of nitrogens with zero attached hydrogens (tertiary/aromatic N) is 1. The monoisotopic (exact) mass is 312 g/mol. The Morgan fingerprint density at radius 3 is 2.79 bits per heavy atom. The Labute approximate surface area is 120 Å². The van der Waals surface area contributed by atoms with E-state index in [2.05, 4.69) is 4.72 Å². The first kappa shape index (κ1) is 14.0. The molecule has 1 aromatic heterocycles. The molecule has 4 nitrogen and oxygen atoms in total. The second kappa shape index (κ2) is 5.72. The molecule has 2 rings (SSSR count). The average molecular weight is 313 g/mol. The van der Waals surface area contributed by atoms with Gasteiger partial charge in [0.15, 0.2) is 0 Å². The van der Waals surface area contributed by atoms with E-state index < -0.39 is 10.0 Å². The fraction of sp³-hybridized carbons (Fsp3) is 0.0833. The number of hydrogen-bond donors (Lipinski definition) is 1. The van der Waals surface area contributed by atoms with Gasteiger partial charge in [0.2, 0.25) is 10.0 Å². The van der Waals surface area contributed by atoms with Crippen LogP contribution < -0.4 is 4.72 Å². The van der Waals surface area contributed by atoms with Gasteiger partial charge >= 0.3 is 0 Å². The van der Waals surface area contributed by atoms with Crippen molar-refractivity contribution in [3.63, 3.8) is 0 Å². The minimum absolute atomic E-state index is 0.0789. The molecule has 19 heavy (non-hydrogen) atoms. The van der Waals surface area contributed by atoms with Crippen LogP contribution >= 0.6 is 22.9 Å². The van der Waals surface area contributed by atoms with Crippen molar-refractivity contribution in [2.75, 3.05) is 0 Å². The molecule has 0 atom stereocenters. The van der Waals surface area contributed by atoms with Gasteiger partial charge in [0, 0.05) is 11.4 Å². The third-order valence-corrected chi connectivity index (χ3v) is 5.13. The summed E-state index contributed by atoms with van der Waals surface area (Å²) in [4.78, 5) is 0.820. The summed E-state index contributed by atoms with van der Waals surface area (Å²) in [6.45, 7) is 0.201. The molecule has 7 heteroatoms. The zero-order valence-electron chi connectivity index (χ0n) is 9.63. The zero-order chi connectivity index (χ0) is 13.9. The molecule has 2 aromatic rings. The van der Waals surface area contributed by atoms with E-state index in [1.54, 1.807) is 0 Å². The summed E-state index contributed by atoms with van der Waals surface area (Å²) in [5, 5.41) is 10.8. The van der Waals surface area contributed by atoms with Crippen LogP contribution in [0.25, 0.3) is 0 Å². The molecule has 1 heterocycles. The van der Waals surface area contributed by atoms with Crippen LogP contribution in [0.3, 0.4) is 0 Å². The molecule has 0 aliphatic carbocycles. The second-order valence-corrected chi connectivity index (χ2v) is 6.84. The molecule has 0 amide bonds. The molecule has 1 N–H and O–H groups in total. The summed E-state index contributed by atoms with van der Waals surface area (Å²) in [5.41, 5.74) is 0.251. The third-order valence-electron chi connectivity index (χ3n) is 2.37. The van der Waals surface area contributed by atoms with Gasteiger partial charge < -0.3 is 0 Å². The molecule has 0 fully saturated rings. The molecule has 0 radical (unpaired) electrons. The van der Waals surface area contributed by atoms with Crippen LogP contribution in [0.1, 0.15) is 10.4 Å². The molecule has 1 aromatic carbocycles. The summed E-state index contributed by atoms with van der Waals surface area (Å²) in [7, 11) is -3.73. The summed E-state index contributed by atoms with van der Waals surface area (Å²) in [6.07, 6.45) is 0. The number of sulfonamides is 1. The minimum Gasteiger partial charge on any atom is -0.207 e. The van der Waals surface area contributed by atoms with Gasteiger partial charge in [-0.3, -0.25) is 0 Å². The lowest BCUT2D eigenvalue weighted by molar-refractivity contribution is 0.582. The van der Waals surface area contributed by atoms with Crippen LogP contribution in [0, 0.1) is 11.3 Å². The molecule has 0 aliphatic rings. The lowest BCUT2D eigenvalue weighted by Crippen LogP contribution is -2.23. The van der Waals surface area contributed by atoms with Crippen molar-refractivity contribution in [1.29, 1.82) is 5.26 Å². The lowest BCUT2D eigenvalue weighted by atomic mass is 10.2. The van der Waals surface area contributed by atoms with Crippen molar-refractivity contribution >= 4 is 33.0 Å². The van der Waals surface area contributed by atoms with Gasteiger partial charge in [0.05, 0.1) is 16.7 Å². The first-order valence-corrected chi connectivity index (χ1v) is 7.99. The number of rotatable bonds is 4. The van der Waals surface area contributed by atoms with Gasteiger partial charge in [-0.1, -0.05) is 17.7 Å². The van der Waals surface area contributed by atoms with Gasteiger partial charge in [0.25, 0.3) is 0 Å². The highest BCUT2D eigenvalue weighted by Crippen LogP contribution is 2.22. The van der Waals surface area contributed by atoms with E-state index in [1.165, 1.54) is 29.5 Å². The number of halogens is 1. The van der Waals surface area contributed by atoms with E-state index in [0.29, 0.717) is 0 Å². The molecular weight excluding hydrogens is 304 g/mol. The van der Waals surface area contributed by atoms with E-state index in [-0.39, 0.29) is 22.0 Å². The number of nitrogens with one attached hydrogen (secondary N) is 1. The maximum Gasteiger partial charge on any atom is 0.242 e. The van der Waals surface area contributed by atoms with Crippen molar-refractivity contribution in [2.45, 2.75) is 11.4 Å². The number of hydrogen-bond acceptors (Lipinski definition) is 4. The number of nitriles is 1. The summed E-state index contributed by atoms with van der Waals surface area (Å²) >= 11 is 7.33. The quantitative estimate of drug-likeness (QED) is 0.943. The lowest BCUT2D eigenvalue weighted by Gasteiger charge is -2.07. The Balaban J connectivity index is 2.27. The number of thiophene rings is 1. The van der Waals surface area contributed by atoms with Crippen molar-refractivity contribution < 1.29 is 8.42 Å². The Hall–Kier alpha value is -1.39. The molecule has 0 saturated heterocycles. The Morgan fingerprint density at radius 1 is 1.37 bits per heavy atom. The Kier molecular flexibility index (Phi) is 4.22. The topological polar surface area (TPSA) is 70.0 Å². The Morgan fingerprint density at radius 2 is 2.16 bits per heavy atom. The zero-order valence-corrected chi connectivity index (χ0v) is 12.0. The maximum absolute atomic E-state index is 12.1. The summed E-state index contributed by atoms with van der Waals surface area (Å²) in [5.74, 6) is 0. The van der Waals surface area contributed by atoms with Crippen LogP contribution in [0.5, 0.6) is 0 Å². The van der Waals surface area contributed by atoms with E-state index in [0.717, 1.165) is 4.88 Å². The molecule has 0 aliphatic heterocycles. The van der Waals surface area contributed by atoms with E-state index in [4.69, 9.17) is 16.9 Å². The number of benzene rings is 1. The molecule has 0 spiro atoms. The first-order valence-electron chi connectivity index (χ1n) is 5.24. The second-order valence-electron chi connectivity index (χ2n) is 3.66. The minimum atomic E-state index is -3.73. The first-order chi connectivity index (χ1) is 9.03. The highest BCUT2D eigenvalue weighted by atomic mass is 35.5. The van der Waals surface area contributed by atoms with Gasteiger partial charge in [0.1, 0.15) is 4.90 Å². The van der Waals surface area contributed by atoms with Crippen LogP contribution in [0.4, 0.5) is 0 Å². The van der Waals surface area contributed by atoms with Gasteiger partial charge in [-0.15, -0.1) is 11.3 Å². The van der Waals surface area contributed by atoms with Crippen molar-refractivity contribution in [2.24, 2.45) is 0 Å². The third kappa shape index (κ3) is 3.33. The highest BCUT2D eigenvalue weighted by molar-refractivity contribution is 7.89. The molecule has 0 bridgehead atoms. The van der Waals surface area contributed by atoms with Crippen molar-refractivity contribution in [3.05, 3.63) is 51.2 Å². The average Bonchev–Trinajstić information content (AvgIpc) is 2.90. The van der Waals surface area contributed by atoms with Gasteiger partial charge in [-0.2, -0.15) is 5.26 Å². The maximum atomic E-state index is 12.1. The normalized spacial score (nSPS) is 11.2. The van der Waals surface area contributed by atoms with Crippen LogP contribution in [0.2, 0.25) is 5.02 Å². The highest BCUT2D eigenvalue weighted by Gasteiger charge is 2.18. The fourth-order valence-electron chi connectivity index (χ4n) is 1.44. The standard InChI is InChI=1S/C12H9ClN2O2S2/c13-11-4-3-9(7-14)6-12(11)19(16,17)15-8-10-2-1-5-18-10/h1-6,15H,8H2. The molecule has 0 saturated carbocycles. The van der Waals surface area contributed by atoms with E-state index in [1.807, 2.05) is 23.6 Å². The van der Waals surface area contributed by atoms with E-state index in [9.17, 15) is 8.42 Å². The summed E-state index contributed by atoms with van der Waals surface area (Å²) < 4.78 is 26.7. The fourth-order valence-corrected chi connectivity index (χ4v) is 3.70. The predicted octanol–water partition coefficient (Wildman–Crippen LogP) is 2.75. The summed E-state index contributed by atoms with van der Waals surface area (Å²) in [6, 6.07) is 9.70. The molecule has 98 valence electrons. The molecule has 0 unspecified atom stereocenters. The predicted molar refractivity (Wildman–Crippen MR) is 74.5 cm³/mol. The van der Waals surface area contributed by atoms with Crippen LogP contribution in [0.15, 0.2) is 40.6 Å². The van der Waals surface area contributed by atoms with Crippen molar-refractivity contribution in [1.82, 2.24) is 4.72 Å². The SMILES string of the molecule is N#Cc1ccc(Cl)c(S(=O)(=O)NCc2cccs2)c1. The molecular formula is C12H9ClN2O2S2. The Bertz CT molecular complexity index is 719. The van der Waals surface area contributed by atoms with Crippen LogP contribution in [-0.2, 0) is 16.6 Å².